The number of hydrogen-bond donors (Lipinski definition) is 1. The zero-order valence-corrected chi connectivity index (χ0v) is 13.8. The summed E-state index contributed by atoms with van der Waals surface area (Å²) in [5.74, 6) is 0.844. The van der Waals surface area contributed by atoms with Crippen LogP contribution in [0.1, 0.15) is 44.2 Å². The molecule has 0 radical (unpaired) electrons. The largest absolute Gasteiger partial charge is 0.491 e. The number of β-amino-alcohol motifs (C(OH)–C–C–N with tert-alkyl or cyclic N) is 1. The number of aliphatic hydroxyl groups is 1. The maximum absolute atomic E-state index is 10.3. The third-order valence-corrected chi connectivity index (χ3v) is 4.72. The average Bonchev–Trinajstić information content (AvgIpc) is 2.44. The Morgan fingerprint density at radius 1 is 1.19 bits per heavy atom. The molecule has 0 bridgehead atoms. The normalized spacial score (nSPS) is 24.8. The van der Waals surface area contributed by atoms with Crippen molar-refractivity contribution >= 4 is 0 Å². The maximum atomic E-state index is 10.3. The van der Waals surface area contributed by atoms with Crippen LogP contribution < -0.4 is 4.74 Å². The second-order valence-electron chi connectivity index (χ2n) is 6.54. The van der Waals surface area contributed by atoms with E-state index in [2.05, 4.69) is 38.7 Å². The lowest BCUT2D eigenvalue weighted by molar-refractivity contribution is 0.0209. The fourth-order valence-electron chi connectivity index (χ4n) is 3.13. The van der Waals surface area contributed by atoms with E-state index in [0.29, 0.717) is 25.2 Å². The minimum Gasteiger partial charge on any atom is -0.491 e. The fraction of sp³-hybridized carbons (Fsp3) is 0.667. The van der Waals surface area contributed by atoms with Gasteiger partial charge in [-0.25, -0.2) is 0 Å². The predicted molar refractivity (Wildman–Crippen MR) is 86.9 cm³/mol. The molecule has 1 aliphatic heterocycles. The molecule has 0 aliphatic carbocycles. The number of aliphatic hydroxyl groups excluding tert-OH is 1. The van der Waals surface area contributed by atoms with Crippen LogP contribution in [-0.2, 0) is 0 Å². The van der Waals surface area contributed by atoms with E-state index in [4.69, 9.17) is 4.74 Å². The van der Waals surface area contributed by atoms with Gasteiger partial charge in [-0.3, -0.25) is 4.90 Å². The standard InChI is InChI=1S/C18H29NO2/c1-13-8-9-18(10-14(13)2)21-12-17(20)11-19-15(3)6-5-7-16(19)4/h8-10,15-17,20H,5-7,11-12H2,1-4H3/t15-,16-,17+/m0/s1. The Morgan fingerprint density at radius 3 is 2.48 bits per heavy atom. The molecular formula is C18H29NO2. The molecular weight excluding hydrogens is 262 g/mol. The number of aryl methyl sites for hydroxylation is 2. The highest BCUT2D eigenvalue weighted by Gasteiger charge is 2.26. The second-order valence-corrected chi connectivity index (χ2v) is 6.54. The Morgan fingerprint density at radius 2 is 1.86 bits per heavy atom. The first-order valence-electron chi connectivity index (χ1n) is 8.11. The van der Waals surface area contributed by atoms with Crippen LogP contribution in [0.4, 0.5) is 0 Å². The Kier molecular flexibility index (Phi) is 5.65. The SMILES string of the molecule is Cc1ccc(OC[C@H](O)CN2[C@@H](C)CCC[C@@H]2C)cc1C. The molecule has 1 fully saturated rings. The molecule has 0 spiro atoms. The molecule has 0 aromatic heterocycles. The van der Waals surface area contributed by atoms with Crippen LogP contribution in [0.2, 0.25) is 0 Å². The Labute approximate surface area is 128 Å². The number of likely N-dealkylation sites (tertiary alicyclic amines) is 1. The lowest BCUT2D eigenvalue weighted by atomic mass is 9.97. The maximum Gasteiger partial charge on any atom is 0.119 e. The Balaban J connectivity index is 1.83. The first kappa shape index (κ1) is 16.3. The van der Waals surface area contributed by atoms with Crippen molar-refractivity contribution < 1.29 is 9.84 Å². The van der Waals surface area contributed by atoms with Crippen molar-refractivity contribution in [1.82, 2.24) is 4.90 Å². The van der Waals surface area contributed by atoms with E-state index in [0.717, 1.165) is 5.75 Å². The number of benzene rings is 1. The molecule has 3 heteroatoms. The number of nitrogens with zero attached hydrogens (tertiary/aromatic N) is 1. The van der Waals surface area contributed by atoms with Crippen LogP contribution >= 0.6 is 0 Å². The summed E-state index contributed by atoms with van der Waals surface area (Å²) in [5, 5.41) is 10.3. The van der Waals surface area contributed by atoms with Gasteiger partial charge in [-0.15, -0.1) is 0 Å². The third kappa shape index (κ3) is 4.45. The quantitative estimate of drug-likeness (QED) is 0.903. The van der Waals surface area contributed by atoms with Gasteiger partial charge in [0, 0.05) is 18.6 Å². The van der Waals surface area contributed by atoms with Crippen molar-refractivity contribution in [3.8, 4) is 5.75 Å². The van der Waals surface area contributed by atoms with Gasteiger partial charge < -0.3 is 9.84 Å². The topological polar surface area (TPSA) is 32.7 Å². The van der Waals surface area contributed by atoms with Gasteiger partial charge in [-0.2, -0.15) is 0 Å². The summed E-state index contributed by atoms with van der Waals surface area (Å²) >= 11 is 0. The summed E-state index contributed by atoms with van der Waals surface area (Å²) in [6, 6.07) is 7.19. The van der Waals surface area contributed by atoms with Gasteiger partial charge in [-0.1, -0.05) is 12.5 Å². The van der Waals surface area contributed by atoms with Gasteiger partial charge >= 0.3 is 0 Å². The molecule has 0 saturated carbocycles. The second kappa shape index (κ2) is 7.28. The summed E-state index contributed by atoms with van der Waals surface area (Å²) in [6.07, 6.45) is 3.33. The highest BCUT2D eigenvalue weighted by molar-refractivity contribution is 5.33. The molecule has 1 aromatic rings. The van der Waals surface area contributed by atoms with E-state index < -0.39 is 6.10 Å². The van der Waals surface area contributed by atoms with Crippen molar-refractivity contribution in [2.45, 2.75) is 65.1 Å². The van der Waals surface area contributed by atoms with E-state index in [1.54, 1.807) is 0 Å². The molecule has 0 amide bonds. The molecule has 1 heterocycles. The molecule has 1 aromatic carbocycles. The van der Waals surface area contributed by atoms with Crippen molar-refractivity contribution in [2.24, 2.45) is 0 Å². The predicted octanol–water partition coefficient (Wildman–Crippen LogP) is 3.31. The minimum atomic E-state index is -0.436. The Bertz CT molecular complexity index is 451. The summed E-state index contributed by atoms with van der Waals surface area (Å²) in [5.41, 5.74) is 2.49. The van der Waals surface area contributed by atoms with Gasteiger partial charge in [0.05, 0.1) is 0 Å². The number of ether oxygens (including phenoxy) is 1. The van der Waals surface area contributed by atoms with E-state index in [1.807, 2.05) is 12.1 Å². The molecule has 1 saturated heterocycles. The zero-order valence-electron chi connectivity index (χ0n) is 13.8. The van der Waals surface area contributed by atoms with Gasteiger partial charge in [-0.05, 0) is 63.8 Å². The van der Waals surface area contributed by atoms with E-state index in [1.165, 1.54) is 30.4 Å². The van der Waals surface area contributed by atoms with Crippen LogP contribution in [-0.4, -0.2) is 41.3 Å². The molecule has 1 aliphatic rings. The lowest BCUT2D eigenvalue weighted by Crippen LogP contribution is -2.48. The smallest absolute Gasteiger partial charge is 0.119 e. The minimum absolute atomic E-state index is 0.360. The van der Waals surface area contributed by atoms with Crippen molar-refractivity contribution in [3.63, 3.8) is 0 Å². The monoisotopic (exact) mass is 291 g/mol. The molecule has 2 rings (SSSR count). The summed E-state index contributed by atoms with van der Waals surface area (Å²) < 4.78 is 5.74. The van der Waals surface area contributed by atoms with Crippen molar-refractivity contribution in [3.05, 3.63) is 29.3 Å². The van der Waals surface area contributed by atoms with E-state index in [9.17, 15) is 5.11 Å². The molecule has 3 atom stereocenters. The van der Waals surface area contributed by atoms with Gasteiger partial charge in [0.25, 0.3) is 0 Å². The summed E-state index contributed by atoms with van der Waals surface area (Å²) in [7, 11) is 0. The number of piperidine rings is 1. The number of rotatable bonds is 5. The molecule has 1 N–H and O–H groups in total. The fourth-order valence-corrected chi connectivity index (χ4v) is 3.13. The third-order valence-electron chi connectivity index (χ3n) is 4.72. The van der Waals surface area contributed by atoms with Crippen LogP contribution in [0.15, 0.2) is 18.2 Å². The van der Waals surface area contributed by atoms with Crippen molar-refractivity contribution in [1.29, 1.82) is 0 Å². The summed E-state index contributed by atoms with van der Waals surface area (Å²) in [4.78, 5) is 2.41. The van der Waals surface area contributed by atoms with Gasteiger partial charge in [0.2, 0.25) is 0 Å². The number of hydrogen-bond acceptors (Lipinski definition) is 3. The summed E-state index contributed by atoms with van der Waals surface area (Å²) in [6.45, 7) is 9.74. The highest BCUT2D eigenvalue weighted by atomic mass is 16.5. The lowest BCUT2D eigenvalue weighted by Gasteiger charge is -2.40. The van der Waals surface area contributed by atoms with Crippen LogP contribution in [0.3, 0.4) is 0 Å². The first-order chi connectivity index (χ1) is 9.97. The highest BCUT2D eigenvalue weighted by Crippen LogP contribution is 2.23. The Hall–Kier alpha value is -1.06. The molecule has 118 valence electrons. The average molecular weight is 291 g/mol. The molecule has 21 heavy (non-hydrogen) atoms. The van der Waals surface area contributed by atoms with E-state index >= 15 is 0 Å². The molecule has 3 nitrogen and oxygen atoms in total. The molecule has 0 unspecified atom stereocenters. The first-order valence-corrected chi connectivity index (χ1v) is 8.11. The van der Waals surface area contributed by atoms with E-state index in [-0.39, 0.29) is 0 Å². The van der Waals surface area contributed by atoms with Crippen LogP contribution in [0.5, 0.6) is 5.75 Å². The van der Waals surface area contributed by atoms with Crippen LogP contribution in [0.25, 0.3) is 0 Å². The van der Waals surface area contributed by atoms with Gasteiger partial charge in [0.1, 0.15) is 18.5 Å². The van der Waals surface area contributed by atoms with Gasteiger partial charge in [0.15, 0.2) is 0 Å². The van der Waals surface area contributed by atoms with Crippen LogP contribution in [0, 0.1) is 13.8 Å². The van der Waals surface area contributed by atoms with Crippen molar-refractivity contribution in [2.75, 3.05) is 13.2 Å². The zero-order chi connectivity index (χ0) is 15.4.